The van der Waals surface area contributed by atoms with Gasteiger partial charge in [0, 0.05) is 25.1 Å². The van der Waals surface area contributed by atoms with Gasteiger partial charge in [-0.2, -0.15) is 13.2 Å². The van der Waals surface area contributed by atoms with E-state index in [0.717, 1.165) is 16.7 Å². The Balaban J connectivity index is 1.89. The summed E-state index contributed by atoms with van der Waals surface area (Å²) < 4.78 is 67.2. The van der Waals surface area contributed by atoms with Gasteiger partial charge in [0.05, 0.1) is 17.9 Å². The average Bonchev–Trinajstić information content (AvgIpc) is 2.78. The van der Waals surface area contributed by atoms with Crippen LogP contribution in [0.15, 0.2) is 65.5 Å². The van der Waals surface area contributed by atoms with Crippen molar-refractivity contribution in [1.29, 1.82) is 0 Å². The highest BCUT2D eigenvalue weighted by Crippen LogP contribution is 2.30. The third-order valence-corrected chi connectivity index (χ3v) is 5.46. The summed E-state index contributed by atoms with van der Waals surface area (Å²) in [7, 11) is 1.38. The predicted molar refractivity (Wildman–Crippen MR) is 118 cm³/mol. The second-order valence-electron chi connectivity index (χ2n) is 7.31. The van der Waals surface area contributed by atoms with Crippen LogP contribution in [0.2, 0.25) is 0 Å². The first kappa shape index (κ1) is 25.3. The molecule has 7 nitrogen and oxygen atoms in total. The van der Waals surface area contributed by atoms with E-state index in [0.29, 0.717) is 11.1 Å². The van der Waals surface area contributed by atoms with Crippen molar-refractivity contribution in [2.24, 2.45) is 0 Å². The maximum absolute atomic E-state index is 13.2. The number of nitrogens with one attached hydrogen (secondary N) is 1. The lowest BCUT2D eigenvalue weighted by Crippen LogP contribution is -2.33. The number of aromatic nitrogens is 1. The molecule has 0 aliphatic carbocycles. The highest BCUT2D eigenvalue weighted by Gasteiger charge is 2.31. The first-order valence-electron chi connectivity index (χ1n) is 9.93. The molecule has 1 heterocycles. The van der Waals surface area contributed by atoms with Crippen LogP contribution in [0.25, 0.3) is 5.69 Å². The summed E-state index contributed by atoms with van der Waals surface area (Å²) in [5, 5.41) is 2.60. The first-order valence-corrected chi connectivity index (χ1v) is 11.2. The Hall–Kier alpha value is -3.28. The zero-order valence-corrected chi connectivity index (χ0v) is 18.7. The molecule has 1 amide bonds. The van der Waals surface area contributed by atoms with Gasteiger partial charge in [-0.05, 0) is 41.5 Å². The van der Waals surface area contributed by atoms with Crippen molar-refractivity contribution in [3.8, 4) is 5.69 Å². The molecule has 0 bridgehead atoms. The van der Waals surface area contributed by atoms with Gasteiger partial charge in [-0.3, -0.25) is 18.4 Å². The van der Waals surface area contributed by atoms with E-state index in [-0.39, 0.29) is 35.8 Å². The molecule has 180 valence electrons. The second kappa shape index (κ2) is 10.8. The van der Waals surface area contributed by atoms with Gasteiger partial charge >= 0.3 is 6.18 Å². The Morgan fingerprint density at radius 1 is 1.09 bits per heavy atom. The molecule has 0 saturated carbocycles. The number of rotatable bonds is 8. The normalized spacial score (nSPS) is 12.4. The van der Waals surface area contributed by atoms with E-state index in [9.17, 15) is 31.5 Å². The van der Waals surface area contributed by atoms with Crippen LogP contribution in [0, 0.1) is 0 Å². The van der Waals surface area contributed by atoms with E-state index in [4.69, 9.17) is 4.74 Å². The topological polar surface area (TPSA) is 100 Å². The standard InChI is InChI=1S/C23H21F3N2O5S/c1-33-13-19-9-10-20(21(29)27-12-15-5-7-16(8-6-15)14-34(31)32)22(30)28(19)18-4-2-3-17(11-18)23(24,25)26/h2-11H,12-14H2,1H3,(H,27,29)(H,31,32)/p-1. The van der Waals surface area contributed by atoms with E-state index in [1.54, 1.807) is 24.3 Å². The number of ether oxygens (including phenoxy) is 1. The minimum absolute atomic E-state index is 0.0483. The van der Waals surface area contributed by atoms with Crippen LogP contribution in [-0.4, -0.2) is 26.3 Å². The molecule has 0 fully saturated rings. The lowest BCUT2D eigenvalue weighted by molar-refractivity contribution is -0.137. The van der Waals surface area contributed by atoms with Crippen LogP contribution in [0.5, 0.6) is 0 Å². The van der Waals surface area contributed by atoms with Crippen LogP contribution in [0.1, 0.15) is 32.7 Å². The average molecular weight is 493 g/mol. The van der Waals surface area contributed by atoms with E-state index in [1.165, 1.54) is 31.4 Å². The molecule has 2 aromatic carbocycles. The van der Waals surface area contributed by atoms with E-state index in [2.05, 4.69) is 5.32 Å². The van der Waals surface area contributed by atoms with Gasteiger partial charge in [0.2, 0.25) is 0 Å². The number of amides is 1. The Kier molecular flexibility index (Phi) is 8.02. The number of methoxy groups -OCH3 is 1. The Morgan fingerprint density at radius 3 is 2.38 bits per heavy atom. The number of carbonyl (C=O) groups is 1. The number of hydrogen-bond acceptors (Lipinski definition) is 5. The monoisotopic (exact) mass is 493 g/mol. The summed E-state index contributed by atoms with van der Waals surface area (Å²) in [4.78, 5) is 25.8. The minimum Gasteiger partial charge on any atom is -0.772 e. The second-order valence-corrected chi connectivity index (χ2v) is 8.20. The van der Waals surface area contributed by atoms with Crippen LogP contribution < -0.4 is 10.9 Å². The van der Waals surface area contributed by atoms with E-state index in [1.807, 2.05) is 0 Å². The maximum atomic E-state index is 13.2. The summed E-state index contributed by atoms with van der Waals surface area (Å²) in [6, 6.07) is 13.5. The first-order chi connectivity index (χ1) is 16.1. The molecule has 1 unspecified atom stereocenters. The summed E-state index contributed by atoms with van der Waals surface area (Å²) >= 11 is -2.22. The van der Waals surface area contributed by atoms with Crippen molar-refractivity contribution in [3.63, 3.8) is 0 Å². The van der Waals surface area contributed by atoms with Gasteiger partial charge < -0.3 is 14.6 Å². The molecular formula is C23H20F3N2O5S-. The number of nitrogens with zero attached hydrogens (tertiary/aromatic N) is 1. The number of pyridine rings is 1. The molecule has 1 N–H and O–H groups in total. The van der Waals surface area contributed by atoms with Gasteiger partial charge in [0.15, 0.2) is 0 Å². The molecular weight excluding hydrogens is 473 g/mol. The SMILES string of the molecule is COCc1ccc(C(=O)NCc2ccc(CS(=O)[O-])cc2)c(=O)n1-c1cccc(C(F)(F)F)c1. The van der Waals surface area contributed by atoms with Crippen LogP contribution >= 0.6 is 0 Å². The smallest absolute Gasteiger partial charge is 0.416 e. The highest BCUT2D eigenvalue weighted by molar-refractivity contribution is 7.78. The Labute approximate surface area is 195 Å². The van der Waals surface area contributed by atoms with Gasteiger partial charge in [0.1, 0.15) is 5.56 Å². The predicted octanol–water partition coefficient (Wildman–Crippen LogP) is 3.31. The van der Waals surface area contributed by atoms with Gasteiger partial charge in [-0.15, -0.1) is 0 Å². The summed E-state index contributed by atoms with van der Waals surface area (Å²) in [6.45, 7) is -0.00369. The minimum atomic E-state index is -4.60. The van der Waals surface area contributed by atoms with E-state index >= 15 is 0 Å². The Bertz CT molecular complexity index is 1260. The van der Waals surface area contributed by atoms with Gasteiger partial charge in [-0.1, -0.05) is 41.4 Å². The molecule has 0 aliphatic heterocycles. The van der Waals surface area contributed by atoms with Crippen molar-refractivity contribution in [1.82, 2.24) is 9.88 Å². The summed E-state index contributed by atoms with van der Waals surface area (Å²) in [5.74, 6) is -0.838. The number of hydrogen-bond donors (Lipinski definition) is 1. The van der Waals surface area contributed by atoms with Crippen molar-refractivity contribution < 1.29 is 31.5 Å². The van der Waals surface area contributed by atoms with Crippen molar-refractivity contribution in [2.45, 2.75) is 25.1 Å². The molecule has 0 spiro atoms. The molecule has 0 saturated heterocycles. The summed E-state index contributed by atoms with van der Waals surface area (Å²) in [6.07, 6.45) is -4.60. The fraction of sp³-hybridized carbons (Fsp3) is 0.217. The molecule has 1 aromatic heterocycles. The molecule has 0 radical (unpaired) electrons. The zero-order chi connectivity index (χ0) is 24.9. The third kappa shape index (κ3) is 6.19. The lowest BCUT2D eigenvalue weighted by atomic mass is 10.1. The van der Waals surface area contributed by atoms with Crippen LogP contribution in [-0.2, 0) is 40.9 Å². The van der Waals surface area contributed by atoms with Crippen molar-refractivity contribution in [2.75, 3.05) is 7.11 Å². The molecule has 1 atom stereocenters. The van der Waals surface area contributed by atoms with Gasteiger partial charge in [-0.25, -0.2) is 0 Å². The molecule has 0 aliphatic rings. The quantitative estimate of drug-likeness (QED) is 0.486. The molecule has 3 rings (SSSR count). The molecule has 3 aromatic rings. The number of benzene rings is 2. The summed E-state index contributed by atoms with van der Waals surface area (Å²) in [5.41, 5.74) is -0.499. The fourth-order valence-corrected chi connectivity index (χ4v) is 3.75. The molecule has 11 heteroatoms. The van der Waals surface area contributed by atoms with Crippen LogP contribution in [0.4, 0.5) is 13.2 Å². The number of alkyl halides is 3. The van der Waals surface area contributed by atoms with Crippen LogP contribution in [0.3, 0.4) is 0 Å². The third-order valence-electron chi connectivity index (χ3n) is 4.89. The zero-order valence-electron chi connectivity index (χ0n) is 17.9. The fourth-order valence-electron chi connectivity index (χ4n) is 3.28. The highest BCUT2D eigenvalue weighted by atomic mass is 32.2. The number of carbonyl (C=O) groups excluding carboxylic acids is 1. The van der Waals surface area contributed by atoms with Crippen molar-refractivity contribution >= 4 is 17.0 Å². The van der Waals surface area contributed by atoms with E-state index < -0.39 is 34.3 Å². The lowest BCUT2D eigenvalue weighted by Gasteiger charge is -2.16. The largest absolute Gasteiger partial charge is 0.772 e. The van der Waals surface area contributed by atoms with Gasteiger partial charge in [0.25, 0.3) is 11.5 Å². The number of halogens is 3. The maximum Gasteiger partial charge on any atom is 0.416 e. The van der Waals surface area contributed by atoms with Crippen molar-refractivity contribution in [3.05, 3.63) is 99.0 Å². The molecule has 34 heavy (non-hydrogen) atoms. The Morgan fingerprint density at radius 2 is 1.76 bits per heavy atom.